The molecule has 1 aromatic rings. The molecule has 0 aliphatic carbocycles. The summed E-state index contributed by atoms with van der Waals surface area (Å²) in [6, 6.07) is 3.38. The van der Waals surface area contributed by atoms with Gasteiger partial charge in [-0.05, 0) is 18.2 Å². The molecule has 6 heteroatoms. The number of terminal acetylenes is 1. The van der Waals surface area contributed by atoms with Crippen LogP contribution in [0.5, 0.6) is 5.75 Å². The molecule has 0 aromatic heterocycles. The van der Waals surface area contributed by atoms with Crippen molar-refractivity contribution in [2.24, 2.45) is 0 Å². The maximum Gasteiger partial charge on any atom is 0.327 e. The highest BCUT2D eigenvalue weighted by atomic mass is 16.5. The lowest BCUT2D eigenvalue weighted by Crippen LogP contribution is -2.40. The van der Waals surface area contributed by atoms with E-state index >= 15 is 0 Å². The first-order valence-electron chi connectivity index (χ1n) is 5.40. The average molecular weight is 262 g/mol. The van der Waals surface area contributed by atoms with Gasteiger partial charge in [-0.2, -0.15) is 0 Å². The van der Waals surface area contributed by atoms with Gasteiger partial charge in [0.15, 0.2) is 0 Å². The predicted molar refractivity (Wildman–Crippen MR) is 69.7 cm³/mol. The van der Waals surface area contributed by atoms with Crippen LogP contribution in [-0.4, -0.2) is 30.1 Å². The highest BCUT2D eigenvalue weighted by Crippen LogP contribution is 2.19. The Bertz CT molecular complexity index is 534. The van der Waals surface area contributed by atoms with E-state index in [1.165, 1.54) is 19.2 Å². The Morgan fingerprint density at radius 2 is 2.26 bits per heavy atom. The predicted octanol–water partition coefficient (Wildman–Crippen LogP) is 0.484. The van der Waals surface area contributed by atoms with E-state index in [4.69, 9.17) is 22.0 Å². The monoisotopic (exact) mass is 262 g/mol. The summed E-state index contributed by atoms with van der Waals surface area (Å²) in [5.74, 6) is 0.826. The van der Waals surface area contributed by atoms with Crippen LogP contribution in [0, 0.1) is 12.3 Å². The zero-order valence-corrected chi connectivity index (χ0v) is 10.3. The van der Waals surface area contributed by atoms with Crippen LogP contribution < -0.4 is 15.8 Å². The highest BCUT2D eigenvalue weighted by Gasteiger charge is 2.21. The van der Waals surface area contributed by atoms with E-state index in [0.717, 1.165) is 0 Å². The molecule has 0 saturated heterocycles. The smallest absolute Gasteiger partial charge is 0.327 e. The van der Waals surface area contributed by atoms with Crippen molar-refractivity contribution in [3.63, 3.8) is 0 Å². The van der Waals surface area contributed by atoms with Gasteiger partial charge in [-0.25, -0.2) is 4.79 Å². The molecule has 100 valence electrons. The summed E-state index contributed by atoms with van der Waals surface area (Å²) < 4.78 is 4.98. The maximum atomic E-state index is 11.9. The molecule has 1 aromatic carbocycles. The first-order chi connectivity index (χ1) is 8.99. The Labute approximate surface area is 110 Å². The van der Waals surface area contributed by atoms with Gasteiger partial charge in [0.2, 0.25) is 0 Å². The van der Waals surface area contributed by atoms with Crippen LogP contribution in [0.3, 0.4) is 0 Å². The maximum absolute atomic E-state index is 11.9. The molecule has 1 amide bonds. The van der Waals surface area contributed by atoms with Crippen LogP contribution in [0.25, 0.3) is 0 Å². The zero-order valence-electron chi connectivity index (χ0n) is 10.3. The summed E-state index contributed by atoms with van der Waals surface area (Å²) >= 11 is 0. The molecule has 0 saturated carbocycles. The highest BCUT2D eigenvalue weighted by molar-refractivity contribution is 6.01. The van der Waals surface area contributed by atoms with Crippen LogP contribution in [0.15, 0.2) is 18.2 Å². The van der Waals surface area contributed by atoms with E-state index in [-0.39, 0.29) is 17.7 Å². The van der Waals surface area contributed by atoms with Gasteiger partial charge in [-0.1, -0.05) is 0 Å². The Balaban J connectivity index is 2.94. The SMILES string of the molecule is C#CCC(NC(=O)c1cc(OC)ccc1N)C(=O)O. The standard InChI is InChI=1S/C13H14N2O4/c1-3-4-11(13(17)18)15-12(16)9-7-8(19-2)5-6-10(9)14/h1,5-7,11H,4,14H2,2H3,(H,15,16)(H,17,18). The summed E-state index contributed by atoms with van der Waals surface area (Å²) in [5, 5.41) is 11.2. The van der Waals surface area contributed by atoms with Crippen molar-refractivity contribution in [3.8, 4) is 18.1 Å². The number of ether oxygens (including phenoxy) is 1. The minimum atomic E-state index is -1.20. The number of carbonyl (C=O) groups is 2. The fourth-order valence-electron chi connectivity index (χ4n) is 1.41. The van der Waals surface area contributed by atoms with Gasteiger partial charge < -0.3 is 20.9 Å². The van der Waals surface area contributed by atoms with E-state index in [2.05, 4.69) is 11.2 Å². The van der Waals surface area contributed by atoms with E-state index in [0.29, 0.717) is 5.75 Å². The minimum absolute atomic E-state index is 0.106. The number of benzene rings is 1. The van der Waals surface area contributed by atoms with Gasteiger partial charge in [0.05, 0.1) is 12.7 Å². The molecule has 4 N–H and O–H groups in total. The van der Waals surface area contributed by atoms with E-state index in [9.17, 15) is 9.59 Å². The summed E-state index contributed by atoms with van der Waals surface area (Å²) in [4.78, 5) is 22.8. The summed E-state index contributed by atoms with van der Waals surface area (Å²) in [5.41, 5.74) is 6.03. The lowest BCUT2D eigenvalue weighted by molar-refractivity contribution is -0.139. The fraction of sp³-hybridized carbons (Fsp3) is 0.231. The zero-order chi connectivity index (χ0) is 14.4. The second-order valence-corrected chi connectivity index (χ2v) is 3.73. The number of carboxylic acids is 1. The number of nitrogens with one attached hydrogen (secondary N) is 1. The summed E-state index contributed by atoms with van der Waals surface area (Å²) in [6.45, 7) is 0. The molecule has 0 radical (unpaired) electrons. The van der Waals surface area contributed by atoms with Crippen molar-refractivity contribution in [1.29, 1.82) is 0 Å². The molecule has 0 fully saturated rings. The average Bonchev–Trinajstić information content (AvgIpc) is 2.38. The lowest BCUT2D eigenvalue weighted by Gasteiger charge is -2.13. The van der Waals surface area contributed by atoms with Crippen LogP contribution in [-0.2, 0) is 4.79 Å². The van der Waals surface area contributed by atoms with E-state index in [1.807, 2.05) is 0 Å². The molecule has 0 aliphatic rings. The number of nitrogens with two attached hydrogens (primary N) is 1. The number of anilines is 1. The number of methoxy groups -OCH3 is 1. The van der Waals surface area contributed by atoms with Crippen molar-refractivity contribution in [3.05, 3.63) is 23.8 Å². The Morgan fingerprint density at radius 1 is 1.58 bits per heavy atom. The summed E-state index contributed by atoms with van der Waals surface area (Å²) in [6.07, 6.45) is 4.94. The van der Waals surface area contributed by atoms with Crippen molar-refractivity contribution >= 4 is 17.6 Å². The fourth-order valence-corrected chi connectivity index (χ4v) is 1.41. The first kappa shape index (κ1) is 14.4. The van der Waals surface area contributed by atoms with Gasteiger partial charge >= 0.3 is 5.97 Å². The second kappa shape index (κ2) is 6.31. The minimum Gasteiger partial charge on any atom is -0.497 e. The van der Waals surface area contributed by atoms with Crippen LogP contribution >= 0.6 is 0 Å². The number of aliphatic carboxylic acids is 1. The quantitative estimate of drug-likeness (QED) is 0.529. The molecule has 1 atom stereocenters. The van der Waals surface area contributed by atoms with Gasteiger partial charge in [-0.3, -0.25) is 4.79 Å². The van der Waals surface area contributed by atoms with Crippen molar-refractivity contribution in [2.75, 3.05) is 12.8 Å². The molecule has 0 spiro atoms. The molecule has 0 aliphatic heterocycles. The molecular weight excluding hydrogens is 248 g/mol. The topological polar surface area (TPSA) is 102 Å². The van der Waals surface area contributed by atoms with E-state index in [1.54, 1.807) is 6.07 Å². The molecule has 0 bridgehead atoms. The van der Waals surface area contributed by atoms with Crippen molar-refractivity contribution < 1.29 is 19.4 Å². The normalized spacial score (nSPS) is 11.2. The van der Waals surface area contributed by atoms with Gasteiger partial charge in [-0.15, -0.1) is 12.3 Å². The van der Waals surface area contributed by atoms with Crippen LogP contribution in [0.1, 0.15) is 16.8 Å². The molecule has 6 nitrogen and oxygen atoms in total. The molecular formula is C13H14N2O4. The van der Waals surface area contributed by atoms with Crippen molar-refractivity contribution in [2.45, 2.75) is 12.5 Å². The third-order valence-electron chi connectivity index (χ3n) is 2.43. The number of hydrogen-bond donors (Lipinski definition) is 3. The number of carboxylic acid groups (broad SMARTS) is 1. The number of carbonyl (C=O) groups excluding carboxylic acids is 1. The van der Waals surface area contributed by atoms with Gasteiger partial charge in [0.25, 0.3) is 5.91 Å². The van der Waals surface area contributed by atoms with Crippen molar-refractivity contribution in [1.82, 2.24) is 5.32 Å². The Hall–Kier alpha value is -2.68. The Morgan fingerprint density at radius 3 is 2.79 bits per heavy atom. The third-order valence-corrected chi connectivity index (χ3v) is 2.43. The molecule has 1 unspecified atom stereocenters. The number of amides is 1. The largest absolute Gasteiger partial charge is 0.497 e. The van der Waals surface area contributed by atoms with Gasteiger partial charge in [0.1, 0.15) is 11.8 Å². The lowest BCUT2D eigenvalue weighted by atomic mass is 10.1. The first-order valence-corrected chi connectivity index (χ1v) is 5.40. The van der Waals surface area contributed by atoms with Crippen LogP contribution in [0.4, 0.5) is 5.69 Å². The van der Waals surface area contributed by atoms with Gasteiger partial charge in [0, 0.05) is 12.1 Å². The molecule has 19 heavy (non-hydrogen) atoms. The van der Waals surface area contributed by atoms with E-state index < -0.39 is 17.9 Å². The Kier molecular flexibility index (Phi) is 4.77. The third kappa shape index (κ3) is 3.64. The second-order valence-electron chi connectivity index (χ2n) is 3.73. The number of rotatable bonds is 5. The number of nitrogen functional groups attached to an aromatic ring is 1. The molecule has 1 rings (SSSR count). The molecule has 0 heterocycles. The van der Waals surface area contributed by atoms with Crippen LogP contribution in [0.2, 0.25) is 0 Å². The summed E-state index contributed by atoms with van der Waals surface area (Å²) in [7, 11) is 1.45. The number of hydrogen-bond acceptors (Lipinski definition) is 4.